The second kappa shape index (κ2) is 13.5. The van der Waals surface area contributed by atoms with Crippen LogP contribution in [-0.2, 0) is 6.42 Å². The fourth-order valence-corrected chi connectivity index (χ4v) is 10.7. The predicted molar refractivity (Wildman–Crippen MR) is 268 cm³/mol. The van der Waals surface area contributed by atoms with Crippen molar-refractivity contribution < 1.29 is 4.42 Å². The number of hydrogen-bond donors (Lipinski definition) is 0. The molecule has 1 aliphatic rings. The van der Waals surface area contributed by atoms with E-state index in [1.165, 1.54) is 82.6 Å². The first-order valence-electron chi connectivity index (χ1n) is 22.1. The summed E-state index contributed by atoms with van der Waals surface area (Å²) in [4.78, 5) is 2.37. The molecule has 0 fully saturated rings. The fourth-order valence-electron chi connectivity index (χ4n) is 10.7. The normalized spacial score (nSPS) is 12.3. The zero-order valence-corrected chi connectivity index (χ0v) is 34.8. The summed E-state index contributed by atoms with van der Waals surface area (Å²) in [6, 6.07) is 80.0. The third-order valence-electron chi connectivity index (χ3n) is 13.8. The molecule has 0 bridgehead atoms. The van der Waals surface area contributed by atoms with Gasteiger partial charge in [-0.2, -0.15) is 0 Å². The van der Waals surface area contributed by atoms with Crippen LogP contribution >= 0.6 is 0 Å². The Bertz CT molecular complexity index is 3880. The first-order valence-corrected chi connectivity index (χ1v) is 22.1. The lowest BCUT2D eigenvalue weighted by molar-refractivity contribution is 0.669. The van der Waals surface area contributed by atoms with Crippen LogP contribution in [0.3, 0.4) is 0 Å². The van der Waals surface area contributed by atoms with Crippen molar-refractivity contribution in [2.24, 2.45) is 0 Å². The lowest BCUT2D eigenvalue weighted by Crippen LogP contribution is -2.09. The van der Waals surface area contributed by atoms with E-state index in [1.807, 2.05) is 12.1 Å². The minimum atomic E-state index is 0.903. The van der Waals surface area contributed by atoms with E-state index in [0.29, 0.717) is 0 Å². The monoisotopic (exact) mass is 814 g/mol. The van der Waals surface area contributed by atoms with E-state index in [0.717, 1.165) is 56.5 Å². The first kappa shape index (κ1) is 35.2. The quantitative estimate of drug-likeness (QED) is 0.167. The first-order chi connectivity index (χ1) is 31.7. The molecule has 3 aromatic heterocycles. The van der Waals surface area contributed by atoms with Crippen molar-refractivity contribution in [3.8, 4) is 44.5 Å². The molecule has 0 spiro atoms. The summed E-state index contributed by atoms with van der Waals surface area (Å²) >= 11 is 0. The van der Waals surface area contributed by atoms with Gasteiger partial charge in [0.05, 0.1) is 16.6 Å². The summed E-state index contributed by atoms with van der Waals surface area (Å²) < 4.78 is 8.71. The Balaban J connectivity index is 0.859. The van der Waals surface area contributed by atoms with Crippen molar-refractivity contribution in [3.05, 3.63) is 230 Å². The van der Waals surface area contributed by atoms with Gasteiger partial charge in [0, 0.05) is 49.4 Å². The van der Waals surface area contributed by atoms with E-state index in [1.54, 1.807) is 0 Å². The van der Waals surface area contributed by atoms with Crippen LogP contribution in [0.1, 0.15) is 11.1 Å². The number of hydrogen-bond acceptors (Lipinski definition) is 2. The highest BCUT2D eigenvalue weighted by atomic mass is 16.3. The van der Waals surface area contributed by atoms with Crippen molar-refractivity contribution in [1.82, 2.24) is 4.40 Å². The highest BCUT2D eigenvalue weighted by Gasteiger charge is 2.21. The number of fused-ring (bicyclic) bond motifs is 12. The topological polar surface area (TPSA) is 20.8 Å². The van der Waals surface area contributed by atoms with Gasteiger partial charge in [0.25, 0.3) is 0 Å². The van der Waals surface area contributed by atoms with E-state index in [4.69, 9.17) is 4.42 Å². The number of benzene rings is 10. The van der Waals surface area contributed by atoms with E-state index >= 15 is 0 Å². The Labute approximate surface area is 369 Å². The molecule has 10 aromatic carbocycles. The second-order valence-corrected chi connectivity index (χ2v) is 17.3. The molecule has 3 nitrogen and oxygen atoms in total. The van der Waals surface area contributed by atoms with E-state index in [-0.39, 0.29) is 0 Å². The Kier molecular flexibility index (Phi) is 7.46. The zero-order valence-electron chi connectivity index (χ0n) is 34.8. The van der Waals surface area contributed by atoms with Gasteiger partial charge in [-0.25, -0.2) is 0 Å². The van der Waals surface area contributed by atoms with Gasteiger partial charge < -0.3 is 13.7 Å². The molecule has 0 aliphatic heterocycles. The molecule has 0 amide bonds. The number of furan rings is 1. The van der Waals surface area contributed by atoms with Crippen LogP contribution in [0, 0.1) is 0 Å². The zero-order chi connectivity index (χ0) is 41.9. The average molecular weight is 815 g/mol. The molecule has 1 aliphatic carbocycles. The summed E-state index contributed by atoms with van der Waals surface area (Å²) in [5.41, 5.74) is 21.5. The van der Waals surface area contributed by atoms with Crippen molar-refractivity contribution >= 4 is 77.1 Å². The third-order valence-corrected chi connectivity index (χ3v) is 13.8. The summed E-state index contributed by atoms with van der Waals surface area (Å²) in [7, 11) is 0. The Morgan fingerprint density at radius 3 is 1.47 bits per heavy atom. The molecule has 13 aromatic rings. The molecular weight excluding hydrogens is 777 g/mol. The van der Waals surface area contributed by atoms with Gasteiger partial charge in [-0.3, -0.25) is 0 Å². The molecule has 0 atom stereocenters. The maximum Gasteiger partial charge on any atom is 0.136 e. The van der Waals surface area contributed by atoms with Crippen LogP contribution in [0.2, 0.25) is 0 Å². The van der Waals surface area contributed by atoms with Crippen LogP contribution in [0.25, 0.3) is 105 Å². The third kappa shape index (κ3) is 5.28. The maximum atomic E-state index is 6.27. The van der Waals surface area contributed by atoms with Crippen molar-refractivity contribution in [3.63, 3.8) is 0 Å². The molecule has 14 rings (SSSR count). The largest absolute Gasteiger partial charge is 0.456 e. The van der Waals surface area contributed by atoms with Crippen molar-refractivity contribution in [2.75, 3.05) is 4.90 Å². The second-order valence-electron chi connectivity index (χ2n) is 17.3. The summed E-state index contributed by atoms with van der Waals surface area (Å²) in [6.07, 6.45) is 1.000. The van der Waals surface area contributed by atoms with E-state index in [2.05, 4.69) is 216 Å². The summed E-state index contributed by atoms with van der Waals surface area (Å²) in [5.74, 6) is 0. The van der Waals surface area contributed by atoms with Gasteiger partial charge in [-0.05, 0) is 147 Å². The Hall–Kier alpha value is -8.40. The molecule has 3 heteroatoms. The molecule has 0 saturated heterocycles. The van der Waals surface area contributed by atoms with Gasteiger partial charge in [0.15, 0.2) is 0 Å². The molecule has 3 heterocycles. The lowest BCUT2D eigenvalue weighted by Gasteiger charge is -2.26. The standard InChI is InChI=1S/C61H38N2O/c1-2-10-49-43(9-1)33-44-18-17-41(34-54(44)49)38-19-26-46(27-20-38)62(47-28-21-39(22-29-47)42-25-32-53-52-13-5-8-16-59(52)64-60(53)37-42)48-30-23-40(24-31-48)45-35-55-50-11-3-6-14-57(50)63-58-15-7-4-12-51(58)56(36-45)61(55)63/h1-32,34-37H,33H2. The van der Waals surface area contributed by atoms with Gasteiger partial charge in [0.1, 0.15) is 11.2 Å². The van der Waals surface area contributed by atoms with Crippen molar-refractivity contribution in [1.29, 1.82) is 0 Å². The number of anilines is 3. The van der Waals surface area contributed by atoms with Crippen molar-refractivity contribution in [2.45, 2.75) is 6.42 Å². The van der Waals surface area contributed by atoms with Crippen LogP contribution < -0.4 is 4.90 Å². The fraction of sp³-hybridized carbons (Fsp3) is 0.0164. The molecule has 298 valence electrons. The summed E-state index contributed by atoms with van der Waals surface area (Å²) in [6.45, 7) is 0. The van der Waals surface area contributed by atoms with Gasteiger partial charge in [0.2, 0.25) is 0 Å². The molecule has 0 radical (unpaired) electrons. The van der Waals surface area contributed by atoms with Crippen LogP contribution in [0.5, 0.6) is 0 Å². The smallest absolute Gasteiger partial charge is 0.136 e. The summed E-state index contributed by atoms with van der Waals surface area (Å²) in [5, 5.41) is 7.43. The molecular formula is C61H38N2O. The highest BCUT2D eigenvalue weighted by molar-refractivity contribution is 6.24. The number of para-hydroxylation sites is 3. The minimum absolute atomic E-state index is 0.903. The molecule has 0 N–H and O–H groups in total. The number of nitrogens with zero attached hydrogens (tertiary/aromatic N) is 2. The Morgan fingerprint density at radius 2 is 0.812 bits per heavy atom. The minimum Gasteiger partial charge on any atom is -0.456 e. The van der Waals surface area contributed by atoms with Crippen LogP contribution in [0.4, 0.5) is 17.1 Å². The average Bonchev–Trinajstić information content (AvgIpc) is 4.11. The molecule has 0 saturated carbocycles. The van der Waals surface area contributed by atoms with Gasteiger partial charge in [-0.15, -0.1) is 0 Å². The van der Waals surface area contributed by atoms with E-state index in [9.17, 15) is 0 Å². The molecule has 0 unspecified atom stereocenters. The van der Waals surface area contributed by atoms with E-state index < -0.39 is 0 Å². The lowest BCUT2D eigenvalue weighted by atomic mass is 9.98. The van der Waals surface area contributed by atoms with Crippen LogP contribution in [0.15, 0.2) is 223 Å². The Morgan fingerprint density at radius 1 is 0.328 bits per heavy atom. The predicted octanol–water partition coefficient (Wildman–Crippen LogP) is 16.8. The SMILES string of the molecule is c1ccc2c(c1)Cc1ccc(-c3ccc(N(c4ccc(-c5ccc6c(c5)oc5ccccc56)cc4)c4ccc(-c5cc6c7ccccc7n7c8ccccc8c(c5)c67)cc4)cc3)cc1-2. The number of aromatic nitrogens is 1. The van der Waals surface area contributed by atoms with Crippen LogP contribution in [-0.4, -0.2) is 4.40 Å². The molecule has 64 heavy (non-hydrogen) atoms. The number of rotatable bonds is 6. The highest BCUT2D eigenvalue weighted by Crippen LogP contribution is 2.44. The van der Waals surface area contributed by atoms with Gasteiger partial charge in [-0.1, -0.05) is 133 Å². The van der Waals surface area contributed by atoms with Gasteiger partial charge >= 0.3 is 0 Å². The maximum absolute atomic E-state index is 6.27.